The number of carbonyl (C=O) groups excluding carboxylic acids is 1. The van der Waals surface area contributed by atoms with Crippen molar-refractivity contribution in [2.75, 3.05) is 11.9 Å². The summed E-state index contributed by atoms with van der Waals surface area (Å²) in [7, 11) is -3.98. The normalized spacial score (nSPS) is 11.1. The molecule has 112 valence electrons. The lowest BCUT2D eigenvalue weighted by Gasteiger charge is -2.11. The summed E-state index contributed by atoms with van der Waals surface area (Å²) in [4.78, 5) is 11.6. The van der Waals surface area contributed by atoms with Crippen LogP contribution in [0, 0.1) is 0 Å². The fourth-order valence-corrected chi connectivity index (χ4v) is 2.29. The van der Waals surface area contributed by atoms with Crippen LogP contribution in [0.15, 0.2) is 29.3 Å². The Labute approximate surface area is 120 Å². The van der Waals surface area contributed by atoms with Crippen LogP contribution in [0.25, 0.3) is 0 Å². The van der Waals surface area contributed by atoms with E-state index in [2.05, 4.69) is 20.7 Å². The van der Waals surface area contributed by atoms with Gasteiger partial charge < -0.3 is 10.1 Å². The van der Waals surface area contributed by atoms with Gasteiger partial charge in [0.15, 0.2) is 5.69 Å². The van der Waals surface area contributed by atoms with Crippen LogP contribution < -0.4 is 15.2 Å². The van der Waals surface area contributed by atoms with Crippen molar-refractivity contribution in [3.05, 3.63) is 30.1 Å². The Kier molecular flexibility index (Phi) is 4.19. The number of hydrogen-bond donors (Lipinski definition) is 3. The van der Waals surface area contributed by atoms with Crippen molar-refractivity contribution < 1.29 is 17.9 Å². The number of primary sulfonamides is 1. The van der Waals surface area contributed by atoms with Crippen LogP contribution in [0.3, 0.4) is 0 Å². The molecule has 0 saturated carbocycles. The van der Waals surface area contributed by atoms with Gasteiger partial charge >= 0.3 is 0 Å². The van der Waals surface area contributed by atoms with Crippen molar-refractivity contribution in [1.82, 2.24) is 15.4 Å². The van der Waals surface area contributed by atoms with Gasteiger partial charge in [0.25, 0.3) is 5.91 Å². The predicted molar refractivity (Wildman–Crippen MR) is 73.3 cm³/mol. The van der Waals surface area contributed by atoms with E-state index in [4.69, 9.17) is 9.88 Å². The molecule has 0 saturated heterocycles. The van der Waals surface area contributed by atoms with Gasteiger partial charge in [-0.15, -0.1) is 0 Å². The zero-order valence-electron chi connectivity index (χ0n) is 11.0. The summed E-state index contributed by atoms with van der Waals surface area (Å²) in [6, 6.07) is 4.14. The summed E-state index contributed by atoms with van der Waals surface area (Å²) in [6.45, 7) is 2.00. The van der Waals surface area contributed by atoms with Crippen molar-refractivity contribution in [2.45, 2.75) is 11.8 Å². The highest BCUT2D eigenvalue weighted by molar-refractivity contribution is 7.89. The van der Waals surface area contributed by atoms with Crippen LogP contribution in [-0.2, 0) is 10.0 Å². The van der Waals surface area contributed by atoms with E-state index >= 15 is 0 Å². The Bertz CT molecular complexity index is 742. The van der Waals surface area contributed by atoms with Crippen LogP contribution in [-0.4, -0.2) is 36.3 Å². The molecule has 0 unspecified atom stereocenters. The number of H-pyrrole nitrogens is 1. The molecule has 1 heterocycles. The van der Waals surface area contributed by atoms with Gasteiger partial charge in [-0.1, -0.05) is 0 Å². The molecule has 21 heavy (non-hydrogen) atoms. The second-order valence-corrected chi connectivity index (χ2v) is 5.48. The average Bonchev–Trinajstić information content (AvgIpc) is 2.93. The monoisotopic (exact) mass is 311 g/mol. The van der Waals surface area contributed by atoms with E-state index in [1.165, 1.54) is 24.4 Å². The molecule has 0 spiro atoms. The molecule has 0 radical (unpaired) electrons. The molecule has 0 aliphatic heterocycles. The first-order valence-corrected chi connectivity index (χ1v) is 7.43. The van der Waals surface area contributed by atoms with E-state index in [1.807, 2.05) is 0 Å². The third kappa shape index (κ3) is 3.55. The number of carbonyl (C=O) groups is 1. The smallest absolute Gasteiger partial charge is 0.277 e. The van der Waals surface area contributed by atoms with Crippen molar-refractivity contribution in [3.8, 4) is 5.75 Å². The molecule has 0 aliphatic carbocycles. The standard InChI is InChI=1S/C11H13N5O4S/c1-2-20-9-4-3-7(5-10(9)21(12,18)19)14-11(17)8-6-13-16-15-8/h3-6H,2H2,1H3,(H,14,17)(H2,12,18,19)(H,13,15,16). The van der Waals surface area contributed by atoms with Gasteiger partial charge in [-0.25, -0.2) is 13.6 Å². The number of ether oxygens (including phenoxy) is 1. The maximum Gasteiger partial charge on any atom is 0.277 e. The molecule has 2 aromatic rings. The number of amides is 1. The van der Waals surface area contributed by atoms with Crippen molar-refractivity contribution in [1.29, 1.82) is 0 Å². The topological polar surface area (TPSA) is 140 Å². The van der Waals surface area contributed by atoms with Crippen LogP contribution in [0.5, 0.6) is 5.75 Å². The summed E-state index contributed by atoms with van der Waals surface area (Å²) in [5, 5.41) is 17.0. The number of sulfonamides is 1. The quantitative estimate of drug-likeness (QED) is 0.715. The van der Waals surface area contributed by atoms with Gasteiger partial charge in [-0.2, -0.15) is 15.4 Å². The van der Waals surface area contributed by atoms with E-state index in [1.54, 1.807) is 6.92 Å². The first-order valence-electron chi connectivity index (χ1n) is 5.88. The zero-order valence-corrected chi connectivity index (χ0v) is 11.8. The van der Waals surface area contributed by atoms with Gasteiger partial charge in [0, 0.05) is 5.69 Å². The first kappa shape index (κ1) is 14.9. The zero-order chi connectivity index (χ0) is 15.5. The molecule has 1 amide bonds. The van der Waals surface area contributed by atoms with Gasteiger partial charge in [-0.05, 0) is 25.1 Å². The van der Waals surface area contributed by atoms with Gasteiger partial charge in [-0.3, -0.25) is 4.79 Å². The van der Waals surface area contributed by atoms with Crippen LogP contribution >= 0.6 is 0 Å². The molecular weight excluding hydrogens is 298 g/mol. The summed E-state index contributed by atoms with van der Waals surface area (Å²) in [5.74, 6) is -0.410. The highest BCUT2D eigenvalue weighted by Gasteiger charge is 2.17. The molecule has 4 N–H and O–H groups in total. The number of benzene rings is 1. The minimum atomic E-state index is -3.98. The number of nitrogens with zero attached hydrogens (tertiary/aromatic N) is 2. The number of rotatable bonds is 5. The van der Waals surface area contributed by atoms with E-state index in [0.29, 0.717) is 0 Å². The number of nitrogens with one attached hydrogen (secondary N) is 2. The Morgan fingerprint density at radius 2 is 2.24 bits per heavy atom. The van der Waals surface area contributed by atoms with E-state index < -0.39 is 15.9 Å². The average molecular weight is 311 g/mol. The number of aromatic amines is 1. The van der Waals surface area contributed by atoms with Gasteiger partial charge in [0.1, 0.15) is 10.6 Å². The Hall–Kier alpha value is -2.46. The molecule has 0 aliphatic rings. The lowest BCUT2D eigenvalue weighted by molar-refractivity contribution is 0.102. The predicted octanol–water partition coefficient (Wildman–Crippen LogP) is 0.103. The van der Waals surface area contributed by atoms with Crippen molar-refractivity contribution in [3.63, 3.8) is 0 Å². The molecule has 10 heteroatoms. The number of aromatic nitrogens is 3. The van der Waals surface area contributed by atoms with E-state index in [0.717, 1.165) is 0 Å². The Morgan fingerprint density at radius 3 is 2.81 bits per heavy atom. The van der Waals surface area contributed by atoms with E-state index in [-0.39, 0.29) is 28.6 Å². The fraction of sp³-hybridized carbons (Fsp3) is 0.182. The number of anilines is 1. The Balaban J connectivity index is 2.32. The third-order valence-corrected chi connectivity index (χ3v) is 3.39. The molecule has 0 atom stereocenters. The molecular formula is C11H13N5O4S. The maximum atomic E-state index is 11.8. The Morgan fingerprint density at radius 1 is 1.48 bits per heavy atom. The minimum Gasteiger partial charge on any atom is -0.492 e. The molecule has 1 aromatic heterocycles. The van der Waals surface area contributed by atoms with Gasteiger partial charge in [0.05, 0.1) is 12.8 Å². The number of hydrogen-bond acceptors (Lipinski definition) is 6. The minimum absolute atomic E-state index is 0.0704. The summed E-state index contributed by atoms with van der Waals surface area (Å²) >= 11 is 0. The summed E-state index contributed by atoms with van der Waals surface area (Å²) in [6.07, 6.45) is 1.24. The fourth-order valence-electron chi connectivity index (χ4n) is 1.59. The second kappa shape index (κ2) is 5.89. The third-order valence-electron chi connectivity index (χ3n) is 2.46. The van der Waals surface area contributed by atoms with Crippen LogP contribution in [0.1, 0.15) is 17.4 Å². The highest BCUT2D eigenvalue weighted by Crippen LogP contribution is 2.26. The molecule has 0 fully saturated rings. The van der Waals surface area contributed by atoms with Crippen LogP contribution in [0.2, 0.25) is 0 Å². The second-order valence-electron chi connectivity index (χ2n) is 3.95. The first-order chi connectivity index (χ1) is 9.91. The van der Waals surface area contributed by atoms with Crippen molar-refractivity contribution >= 4 is 21.6 Å². The summed E-state index contributed by atoms with van der Waals surface area (Å²) in [5.41, 5.74) is 0.316. The summed E-state index contributed by atoms with van der Waals surface area (Å²) < 4.78 is 28.3. The number of nitrogens with two attached hydrogens (primary N) is 1. The molecule has 0 bridgehead atoms. The molecule has 1 aromatic carbocycles. The lowest BCUT2D eigenvalue weighted by Crippen LogP contribution is -2.16. The largest absolute Gasteiger partial charge is 0.492 e. The molecule has 9 nitrogen and oxygen atoms in total. The van der Waals surface area contributed by atoms with Crippen molar-refractivity contribution in [2.24, 2.45) is 5.14 Å². The van der Waals surface area contributed by atoms with Crippen LogP contribution in [0.4, 0.5) is 5.69 Å². The van der Waals surface area contributed by atoms with Gasteiger partial charge in [0.2, 0.25) is 10.0 Å². The van der Waals surface area contributed by atoms with E-state index in [9.17, 15) is 13.2 Å². The highest BCUT2D eigenvalue weighted by atomic mass is 32.2. The lowest BCUT2D eigenvalue weighted by atomic mass is 10.3. The maximum absolute atomic E-state index is 11.8. The SMILES string of the molecule is CCOc1ccc(NC(=O)c2cn[nH]n2)cc1S(N)(=O)=O. The molecule has 2 rings (SSSR count).